The Morgan fingerprint density at radius 1 is 0.875 bits per heavy atom. The summed E-state index contributed by atoms with van der Waals surface area (Å²) in [6.45, 7) is 6.41. The van der Waals surface area contributed by atoms with Gasteiger partial charge in [-0.05, 0) is 40.8 Å². The molecule has 0 aliphatic rings. The minimum absolute atomic E-state index is 0.0314. The number of carbonyl (C=O) groups excluding carboxylic acids is 2. The number of anilines is 1. The second kappa shape index (κ2) is 10.6. The van der Waals surface area contributed by atoms with Crippen LogP contribution in [-0.4, -0.2) is 17.4 Å². The van der Waals surface area contributed by atoms with E-state index in [1.807, 2.05) is 30.3 Å². The van der Waals surface area contributed by atoms with Crippen LogP contribution >= 0.6 is 35.0 Å². The van der Waals surface area contributed by atoms with Crippen molar-refractivity contribution in [3.63, 3.8) is 0 Å². The lowest BCUT2D eigenvalue weighted by atomic mass is 9.86. The smallest absolute Gasteiger partial charge is 0.234 e. The first-order valence-electron chi connectivity index (χ1n) is 10.2. The van der Waals surface area contributed by atoms with E-state index in [0.29, 0.717) is 32.6 Å². The highest BCUT2D eigenvalue weighted by Gasteiger charge is 2.15. The van der Waals surface area contributed by atoms with E-state index in [2.05, 4.69) is 26.1 Å². The third-order valence-corrected chi connectivity index (χ3v) is 6.65. The molecule has 0 spiro atoms. The number of hydrogen-bond acceptors (Lipinski definition) is 3. The van der Waals surface area contributed by atoms with Gasteiger partial charge in [0, 0.05) is 22.6 Å². The molecule has 3 aromatic carbocycles. The molecule has 32 heavy (non-hydrogen) atoms. The van der Waals surface area contributed by atoms with Gasteiger partial charge in [0.15, 0.2) is 5.78 Å². The molecule has 0 saturated carbocycles. The minimum atomic E-state index is -0.130. The summed E-state index contributed by atoms with van der Waals surface area (Å²) >= 11 is 13.4. The SMILES string of the molecule is CC(C)(C)c1ccc(C(=O)c2cccc(NC(=O)CSCc3ccc(Cl)c(Cl)c3)c2)cc1. The number of carbonyl (C=O) groups is 2. The first kappa shape index (κ1) is 24.4. The van der Waals surface area contributed by atoms with E-state index in [9.17, 15) is 9.59 Å². The first-order chi connectivity index (χ1) is 15.1. The van der Waals surface area contributed by atoms with Crippen LogP contribution in [0.1, 0.15) is 47.8 Å². The largest absolute Gasteiger partial charge is 0.325 e. The van der Waals surface area contributed by atoms with Gasteiger partial charge in [0.2, 0.25) is 5.91 Å². The fourth-order valence-corrected chi connectivity index (χ4v) is 4.21. The zero-order valence-corrected chi connectivity index (χ0v) is 20.6. The highest BCUT2D eigenvalue weighted by atomic mass is 35.5. The summed E-state index contributed by atoms with van der Waals surface area (Å²) < 4.78 is 0. The van der Waals surface area contributed by atoms with E-state index >= 15 is 0 Å². The van der Waals surface area contributed by atoms with Crippen molar-refractivity contribution in [1.82, 2.24) is 0 Å². The van der Waals surface area contributed by atoms with Gasteiger partial charge in [-0.3, -0.25) is 9.59 Å². The number of hydrogen-bond donors (Lipinski definition) is 1. The molecule has 3 aromatic rings. The van der Waals surface area contributed by atoms with Crippen LogP contribution in [0.15, 0.2) is 66.7 Å². The molecule has 0 aliphatic heterocycles. The fourth-order valence-electron chi connectivity index (χ4n) is 3.11. The Bertz CT molecular complexity index is 1120. The number of halogens is 2. The standard InChI is InChI=1S/C26H25Cl2NO2S/c1-26(2,3)20-10-8-18(9-11-20)25(31)19-5-4-6-21(14-19)29-24(30)16-32-15-17-7-12-22(27)23(28)13-17/h4-14H,15-16H2,1-3H3,(H,29,30). The summed E-state index contributed by atoms with van der Waals surface area (Å²) in [6, 6.07) is 20.2. The minimum Gasteiger partial charge on any atom is -0.325 e. The predicted molar refractivity (Wildman–Crippen MR) is 136 cm³/mol. The first-order valence-corrected chi connectivity index (χ1v) is 12.1. The number of nitrogens with one attached hydrogen (secondary N) is 1. The van der Waals surface area contributed by atoms with Crippen molar-refractivity contribution < 1.29 is 9.59 Å². The molecule has 1 amide bonds. The fraction of sp³-hybridized carbons (Fsp3) is 0.231. The highest BCUT2D eigenvalue weighted by Crippen LogP contribution is 2.25. The number of rotatable bonds is 7. The van der Waals surface area contributed by atoms with E-state index in [1.165, 1.54) is 17.3 Å². The van der Waals surface area contributed by atoms with Gasteiger partial charge in [0.05, 0.1) is 15.8 Å². The lowest BCUT2D eigenvalue weighted by molar-refractivity contribution is -0.113. The molecular formula is C26H25Cl2NO2S. The number of thioether (sulfide) groups is 1. The van der Waals surface area contributed by atoms with Crippen molar-refractivity contribution in [2.75, 3.05) is 11.1 Å². The maximum atomic E-state index is 12.9. The molecule has 0 bridgehead atoms. The van der Waals surface area contributed by atoms with Crippen LogP contribution < -0.4 is 5.32 Å². The molecule has 0 atom stereocenters. The van der Waals surface area contributed by atoms with Crippen molar-refractivity contribution in [3.8, 4) is 0 Å². The molecule has 0 radical (unpaired) electrons. The van der Waals surface area contributed by atoms with Crippen molar-refractivity contribution in [2.24, 2.45) is 0 Å². The third kappa shape index (κ3) is 6.61. The normalized spacial score (nSPS) is 11.3. The molecule has 1 N–H and O–H groups in total. The second-order valence-corrected chi connectivity index (χ2v) is 10.3. The average molecular weight is 486 g/mol. The van der Waals surface area contributed by atoms with Gasteiger partial charge in [-0.2, -0.15) is 0 Å². The number of amides is 1. The molecular weight excluding hydrogens is 461 g/mol. The van der Waals surface area contributed by atoms with E-state index in [-0.39, 0.29) is 22.9 Å². The van der Waals surface area contributed by atoms with Crippen LogP contribution in [0, 0.1) is 0 Å². The maximum absolute atomic E-state index is 12.9. The Kier molecular flexibility index (Phi) is 8.05. The quantitative estimate of drug-likeness (QED) is 0.354. The van der Waals surface area contributed by atoms with Gasteiger partial charge in [0.1, 0.15) is 0 Å². The van der Waals surface area contributed by atoms with Crippen LogP contribution in [-0.2, 0) is 16.0 Å². The van der Waals surface area contributed by atoms with Gasteiger partial charge in [-0.25, -0.2) is 0 Å². The monoisotopic (exact) mass is 485 g/mol. The van der Waals surface area contributed by atoms with Gasteiger partial charge in [-0.15, -0.1) is 11.8 Å². The molecule has 0 unspecified atom stereocenters. The highest BCUT2D eigenvalue weighted by molar-refractivity contribution is 7.99. The molecule has 3 nitrogen and oxygen atoms in total. The van der Waals surface area contributed by atoms with E-state index in [4.69, 9.17) is 23.2 Å². The van der Waals surface area contributed by atoms with Crippen LogP contribution in [0.4, 0.5) is 5.69 Å². The van der Waals surface area contributed by atoms with Crippen LogP contribution in [0.25, 0.3) is 0 Å². The molecule has 0 fully saturated rings. The van der Waals surface area contributed by atoms with Crippen molar-refractivity contribution in [3.05, 3.63) is 99.0 Å². The van der Waals surface area contributed by atoms with Gasteiger partial charge >= 0.3 is 0 Å². The van der Waals surface area contributed by atoms with Crippen LogP contribution in [0.2, 0.25) is 10.0 Å². The van der Waals surface area contributed by atoms with E-state index < -0.39 is 0 Å². The molecule has 166 valence electrons. The number of ketones is 1. The molecule has 0 saturated heterocycles. The molecule has 0 heterocycles. The Hall–Kier alpha value is -2.27. The topological polar surface area (TPSA) is 46.2 Å². The van der Waals surface area contributed by atoms with E-state index in [1.54, 1.807) is 36.4 Å². The van der Waals surface area contributed by atoms with Gasteiger partial charge < -0.3 is 5.32 Å². The third-order valence-electron chi connectivity index (χ3n) is 4.91. The Morgan fingerprint density at radius 2 is 1.59 bits per heavy atom. The molecule has 3 rings (SSSR count). The zero-order chi connectivity index (χ0) is 23.3. The number of benzene rings is 3. The van der Waals surface area contributed by atoms with Gasteiger partial charge in [-0.1, -0.05) is 86.4 Å². The summed E-state index contributed by atoms with van der Waals surface area (Å²) in [7, 11) is 0. The van der Waals surface area contributed by atoms with Crippen molar-refractivity contribution in [1.29, 1.82) is 0 Å². The molecule has 0 aromatic heterocycles. The Morgan fingerprint density at radius 3 is 2.25 bits per heavy atom. The second-order valence-electron chi connectivity index (χ2n) is 8.53. The summed E-state index contributed by atoms with van der Waals surface area (Å²) in [6.07, 6.45) is 0. The maximum Gasteiger partial charge on any atom is 0.234 e. The zero-order valence-electron chi connectivity index (χ0n) is 18.2. The Balaban J connectivity index is 1.58. The molecule has 0 aliphatic carbocycles. The Labute approximate surface area is 203 Å². The lowest BCUT2D eigenvalue weighted by Gasteiger charge is -2.19. The van der Waals surface area contributed by atoms with E-state index in [0.717, 1.165) is 5.56 Å². The van der Waals surface area contributed by atoms with Crippen LogP contribution in [0.3, 0.4) is 0 Å². The molecule has 6 heteroatoms. The van der Waals surface area contributed by atoms with Crippen molar-refractivity contribution >= 4 is 52.3 Å². The van der Waals surface area contributed by atoms with Crippen molar-refractivity contribution in [2.45, 2.75) is 31.9 Å². The summed E-state index contributed by atoms with van der Waals surface area (Å²) in [5.41, 5.74) is 3.97. The van der Waals surface area contributed by atoms with Crippen LogP contribution in [0.5, 0.6) is 0 Å². The summed E-state index contributed by atoms with van der Waals surface area (Å²) in [4.78, 5) is 25.2. The van der Waals surface area contributed by atoms with Gasteiger partial charge in [0.25, 0.3) is 0 Å². The predicted octanol–water partition coefficient (Wildman–Crippen LogP) is 7.39. The average Bonchev–Trinajstić information content (AvgIpc) is 2.75. The summed E-state index contributed by atoms with van der Waals surface area (Å²) in [5.74, 6) is 0.727. The lowest BCUT2D eigenvalue weighted by Crippen LogP contribution is -2.14. The summed E-state index contributed by atoms with van der Waals surface area (Å²) in [5, 5.41) is 3.88.